The van der Waals surface area contributed by atoms with Crippen molar-refractivity contribution in [1.82, 2.24) is 30.0 Å². The van der Waals surface area contributed by atoms with Gasteiger partial charge in [-0.25, -0.2) is 0 Å². The number of halogens is 1. The van der Waals surface area contributed by atoms with E-state index in [1.54, 1.807) is 14.0 Å². The summed E-state index contributed by atoms with van der Waals surface area (Å²) >= 11 is 4.46. The quantitative estimate of drug-likeness (QED) is 0.493. The van der Waals surface area contributed by atoms with E-state index in [1.807, 2.05) is 24.3 Å². The molecule has 9 nitrogen and oxygen atoms in total. The van der Waals surface area contributed by atoms with E-state index in [2.05, 4.69) is 36.6 Å². The molecule has 23 heavy (non-hydrogen) atoms. The number of hydrogen-bond acceptors (Lipinski definition) is 7. The Labute approximate surface area is 143 Å². The highest BCUT2D eigenvalue weighted by Gasteiger charge is 2.26. The molecular weight excluding hydrogens is 386 g/mol. The Hall–Kier alpha value is -2.27. The Balaban J connectivity index is 2.02. The average Bonchev–Trinajstić information content (AvgIpc) is 3.05. The van der Waals surface area contributed by atoms with Gasteiger partial charge in [-0.05, 0) is 53.4 Å². The number of hydrogen-bond donors (Lipinski definition) is 0. The minimum atomic E-state index is -0.446. The number of tetrazole rings is 1. The van der Waals surface area contributed by atoms with E-state index in [9.17, 15) is 10.1 Å². The second kappa shape index (κ2) is 6.08. The molecule has 3 rings (SSSR count). The summed E-state index contributed by atoms with van der Waals surface area (Å²) in [6.07, 6.45) is 0. The maximum absolute atomic E-state index is 11.3. The molecule has 0 atom stereocenters. The maximum Gasteiger partial charge on any atom is 0.324 e. The van der Waals surface area contributed by atoms with Crippen molar-refractivity contribution in [3.63, 3.8) is 0 Å². The third-order valence-electron chi connectivity index (χ3n) is 3.02. The van der Waals surface area contributed by atoms with E-state index in [0.29, 0.717) is 15.9 Å². The fourth-order valence-electron chi connectivity index (χ4n) is 2.02. The van der Waals surface area contributed by atoms with E-state index in [1.165, 1.54) is 9.36 Å². The van der Waals surface area contributed by atoms with Gasteiger partial charge in [0.1, 0.15) is 5.69 Å². The number of nitrogens with zero attached hydrogens (tertiary/aromatic N) is 7. The van der Waals surface area contributed by atoms with Gasteiger partial charge in [0.2, 0.25) is 5.16 Å². The molecular formula is C12H10BrN7O2S. The van der Waals surface area contributed by atoms with Crippen LogP contribution in [0.3, 0.4) is 0 Å². The predicted octanol–water partition coefficient (Wildman–Crippen LogP) is 2.53. The highest BCUT2D eigenvalue weighted by molar-refractivity contribution is 9.10. The zero-order chi connectivity index (χ0) is 16.6. The van der Waals surface area contributed by atoms with Crippen molar-refractivity contribution < 1.29 is 4.92 Å². The topological polar surface area (TPSA) is 105 Å². The molecule has 0 aliphatic heterocycles. The number of rotatable bonds is 4. The molecule has 0 bridgehead atoms. The summed E-state index contributed by atoms with van der Waals surface area (Å²) in [6, 6.07) is 7.41. The summed E-state index contributed by atoms with van der Waals surface area (Å²) in [5, 5.41) is 27.7. The van der Waals surface area contributed by atoms with Gasteiger partial charge in [-0.3, -0.25) is 14.8 Å². The lowest BCUT2D eigenvalue weighted by Crippen LogP contribution is -2.01. The second-order valence-electron chi connectivity index (χ2n) is 4.57. The van der Waals surface area contributed by atoms with Crippen LogP contribution >= 0.6 is 27.7 Å². The van der Waals surface area contributed by atoms with Crippen molar-refractivity contribution in [3.8, 4) is 5.69 Å². The molecule has 2 heterocycles. The highest BCUT2D eigenvalue weighted by Crippen LogP contribution is 2.35. The number of aryl methyl sites for hydroxylation is 2. The van der Waals surface area contributed by atoms with Crippen LogP contribution in [0, 0.1) is 17.0 Å². The molecule has 0 unspecified atom stereocenters. The minimum absolute atomic E-state index is 0.0390. The van der Waals surface area contributed by atoms with Crippen LogP contribution in [0.5, 0.6) is 0 Å². The van der Waals surface area contributed by atoms with E-state index in [-0.39, 0.29) is 5.69 Å². The number of benzene rings is 1. The van der Waals surface area contributed by atoms with Crippen LogP contribution in [-0.2, 0) is 7.05 Å². The van der Waals surface area contributed by atoms with Crippen LogP contribution in [0.15, 0.2) is 38.9 Å². The standard InChI is InChI=1S/C12H10BrN7O2S/c1-7-10(20(21)22)11(18(2)15-7)23-12-14-16-17-19(12)9-5-3-8(13)4-6-9/h3-6H,1-2H3. The third kappa shape index (κ3) is 2.97. The Morgan fingerprint density at radius 1 is 1.30 bits per heavy atom. The van der Waals surface area contributed by atoms with Gasteiger partial charge in [-0.2, -0.15) is 9.78 Å². The molecule has 0 spiro atoms. The number of aromatic nitrogens is 6. The van der Waals surface area contributed by atoms with E-state index in [4.69, 9.17) is 0 Å². The van der Waals surface area contributed by atoms with Gasteiger partial charge in [0.25, 0.3) is 0 Å². The summed E-state index contributed by atoms with van der Waals surface area (Å²) in [4.78, 5) is 10.8. The van der Waals surface area contributed by atoms with Gasteiger partial charge in [-0.1, -0.05) is 15.9 Å². The van der Waals surface area contributed by atoms with Crippen LogP contribution in [0.4, 0.5) is 5.69 Å². The first kappa shape index (κ1) is 15.6. The maximum atomic E-state index is 11.3. The first-order valence-corrected chi connectivity index (χ1v) is 7.98. The molecule has 0 N–H and O–H groups in total. The van der Waals surface area contributed by atoms with Crippen LogP contribution in [-0.4, -0.2) is 34.9 Å². The summed E-state index contributed by atoms with van der Waals surface area (Å²) in [6.45, 7) is 1.60. The average molecular weight is 396 g/mol. The smallest absolute Gasteiger partial charge is 0.258 e. The van der Waals surface area contributed by atoms with Crippen molar-refractivity contribution in [2.24, 2.45) is 7.05 Å². The lowest BCUT2D eigenvalue weighted by molar-refractivity contribution is -0.388. The van der Waals surface area contributed by atoms with Crippen molar-refractivity contribution >= 4 is 33.4 Å². The van der Waals surface area contributed by atoms with Gasteiger partial charge < -0.3 is 0 Å². The molecule has 0 aliphatic rings. The Morgan fingerprint density at radius 2 is 2.00 bits per heavy atom. The zero-order valence-corrected chi connectivity index (χ0v) is 14.4. The normalized spacial score (nSPS) is 10.9. The zero-order valence-electron chi connectivity index (χ0n) is 12.0. The van der Waals surface area contributed by atoms with E-state index in [0.717, 1.165) is 21.9 Å². The van der Waals surface area contributed by atoms with Crippen molar-refractivity contribution in [1.29, 1.82) is 0 Å². The van der Waals surface area contributed by atoms with Crippen LogP contribution in [0.2, 0.25) is 0 Å². The van der Waals surface area contributed by atoms with Gasteiger partial charge in [0.15, 0.2) is 5.03 Å². The van der Waals surface area contributed by atoms with Gasteiger partial charge in [0, 0.05) is 11.5 Å². The molecule has 0 fully saturated rings. The summed E-state index contributed by atoms with van der Waals surface area (Å²) in [7, 11) is 1.65. The van der Waals surface area contributed by atoms with Gasteiger partial charge in [0.05, 0.1) is 10.6 Å². The molecule has 2 aromatic heterocycles. The van der Waals surface area contributed by atoms with E-state index >= 15 is 0 Å². The molecule has 0 amide bonds. The fraction of sp³-hybridized carbons (Fsp3) is 0.167. The van der Waals surface area contributed by atoms with Gasteiger partial charge >= 0.3 is 5.69 Å². The summed E-state index contributed by atoms with van der Waals surface area (Å²) in [5.74, 6) is 0. The van der Waals surface area contributed by atoms with Crippen molar-refractivity contribution in [2.75, 3.05) is 0 Å². The van der Waals surface area contributed by atoms with Crippen molar-refractivity contribution in [2.45, 2.75) is 17.1 Å². The predicted molar refractivity (Wildman–Crippen MR) is 85.6 cm³/mol. The lowest BCUT2D eigenvalue weighted by atomic mass is 10.3. The third-order valence-corrected chi connectivity index (χ3v) is 4.64. The Morgan fingerprint density at radius 3 is 2.65 bits per heavy atom. The van der Waals surface area contributed by atoms with E-state index < -0.39 is 4.92 Å². The van der Waals surface area contributed by atoms with Gasteiger partial charge in [-0.15, -0.1) is 5.10 Å². The Kier molecular flexibility index (Phi) is 4.13. The van der Waals surface area contributed by atoms with Crippen molar-refractivity contribution in [3.05, 3.63) is 44.5 Å². The van der Waals surface area contributed by atoms with Crippen LogP contribution in [0.25, 0.3) is 5.69 Å². The molecule has 118 valence electrons. The molecule has 3 aromatic rings. The lowest BCUT2D eigenvalue weighted by Gasteiger charge is -2.04. The van der Waals surface area contributed by atoms with Crippen LogP contribution in [0.1, 0.15) is 5.69 Å². The molecule has 0 radical (unpaired) electrons. The first-order chi connectivity index (χ1) is 11.0. The largest absolute Gasteiger partial charge is 0.324 e. The molecule has 0 saturated heterocycles. The summed E-state index contributed by atoms with van der Waals surface area (Å²) in [5.41, 5.74) is 1.06. The fourth-order valence-corrected chi connectivity index (χ4v) is 3.26. The molecule has 0 saturated carbocycles. The summed E-state index contributed by atoms with van der Waals surface area (Å²) < 4.78 is 3.91. The second-order valence-corrected chi connectivity index (χ2v) is 6.44. The van der Waals surface area contributed by atoms with Crippen LogP contribution < -0.4 is 0 Å². The minimum Gasteiger partial charge on any atom is -0.258 e. The number of nitro groups is 1. The Bertz CT molecular complexity index is 874. The molecule has 0 aliphatic carbocycles. The highest BCUT2D eigenvalue weighted by atomic mass is 79.9. The molecule has 1 aromatic carbocycles. The first-order valence-electron chi connectivity index (χ1n) is 6.37. The molecule has 11 heteroatoms. The monoisotopic (exact) mass is 395 g/mol. The SMILES string of the molecule is Cc1nn(C)c(Sc2nnnn2-c2ccc(Br)cc2)c1[N+](=O)[O-].